The molecule has 0 fully saturated rings. The van der Waals surface area contributed by atoms with Crippen LogP contribution in [-0.2, 0) is 0 Å². The number of carboxylic acid groups (broad SMARTS) is 1. The normalized spacial score (nSPS) is 10.5. The molecule has 0 spiro atoms. The number of rotatable bonds is 3. The second kappa shape index (κ2) is 5.83. The van der Waals surface area contributed by atoms with E-state index in [1.807, 2.05) is 0 Å². The van der Waals surface area contributed by atoms with Gasteiger partial charge in [0.2, 0.25) is 0 Å². The zero-order valence-electron chi connectivity index (χ0n) is 11.2. The number of amides is 1. The second-order valence-corrected chi connectivity index (χ2v) is 5.98. The molecule has 7 heteroatoms. The van der Waals surface area contributed by atoms with Gasteiger partial charge in [-0.2, -0.15) is 0 Å². The smallest absolute Gasteiger partial charge is 0.338 e. The van der Waals surface area contributed by atoms with E-state index < -0.39 is 17.7 Å². The van der Waals surface area contributed by atoms with Crippen LogP contribution in [0.5, 0.6) is 0 Å². The Bertz CT molecular complexity index is 722. The van der Waals surface area contributed by atoms with E-state index in [1.165, 1.54) is 12.1 Å². The van der Waals surface area contributed by atoms with Crippen LogP contribution in [-0.4, -0.2) is 17.0 Å². The summed E-state index contributed by atoms with van der Waals surface area (Å²) in [5, 5.41) is 11.8. The first kappa shape index (κ1) is 15.5. The lowest BCUT2D eigenvalue weighted by molar-refractivity contribution is 0.0697. The minimum absolute atomic E-state index is 0.0123. The predicted molar refractivity (Wildman–Crippen MR) is 80.1 cm³/mol. The Morgan fingerprint density at radius 3 is 2.52 bits per heavy atom. The third kappa shape index (κ3) is 2.91. The van der Waals surface area contributed by atoms with Crippen molar-refractivity contribution < 1.29 is 19.1 Å². The summed E-state index contributed by atoms with van der Waals surface area (Å²) in [7, 11) is 0. The molecule has 0 atom stereocenters. The van der Waals surface area contributed by atoms with E-state index in [0.29, 0.717) is 5.56 Å². The Kier molecular flexibility index (Phi) is 4.29. The third-order valence-corrected chi connectivity index (χ3v) is 4.45. The van der Waals surface area contributed by atoms with Crippen LogP contribution in [0.1, 0.15) is 31.2 Å². The number of anilines is 1. The number of thiophene rings is 1. The summed E-state index contributed by atoms with van der Waals surface area (Å²) in [6.07, 6.45) is 0. The molecule has 1 amide bonds. The van der Waals surface area contributed by atoms with Crippen molar-refractivity contribution in [3.8, 4) is 0 Å². The van der Waals surface area contributed by atoms with E-state index in [0.717, 1.165) is 22.3 Å². The number of aryl methyl sites for hydroxylation is 1. The Hall–Kier alpha value is -1.92. The standard InChI is InChI=1S/C14H11ClFNO3S/c1-6-7(2)21-13(10(6)14(19)20)17-12(18)11-8(15)4-3-5-9(11)16/h3-5H,1-2H3,(H,17,18)(H,19,20). The largest absolute Gasteiger partial charge is 0.478 e. The lowest BCUT2D eigenvalue weighted by Gasteiger charge is -2.07. The highest BCUT2D eigenvalue weighted by Crippen LogP contribution is 2.33. The van der Waals surface area contributed by atoms with Gasteiger partial charge in [-0.05, 0) is 31.5 Å². The van der Waals surface area contributed by atoms with Gasteiger partial charge in [0, 0.05) is 4.88 Å². The molecule has 1 aromatic heterocycles. The van der Waals surface area contributed by atoms with Gasteiger partial charge in [-0.3, -0.25) is 4.79 Å². The monoisotopic (exact) mass is 327 g/mol. The number of hydrogen-bond donors (Lipinski definition) is 2. The lowest BCUT2D eigenvalue weighted by atomic mass is 10.1. The van der Waals surface area contributed by atoms with Gasteiger partial charge in [0.05, 0.1) is 16.1 Å². The van der Waals surface area contributed by atoms with Crippen LogP contribution < -0.4 is 5.32 Å². The molecule has 2 rings (SSSR count). The molecule has 0 saturated carbocycles. The highest BCUT2D eigenvalue weighted by Gasteiger charge is 2.23. The average molecular weight is 328 g/mol. The van der Waals surface area contributed by atoms with Crippen LogP contribution in [0.15, 0.2) is 18.2 Å². The van der Waals surface area contributed by atoms with Crippen LogP contribution >= 0.6 is 22.9 Å². The van der Waals surface area contributed by atoms with Crippen molar-refractivity contribution in [1.29, 1.82) is 0 Å². The number of carbonyl (C=O) groups is 2. The summed E-state index contributed by atoms with van der Waals surface area (Å²) in [6, 6.07) is 3.89. The maximum absolute atomic E-state index is 13.7. The molecular weight excluding hydrogens is 317 g/mol. The molecule has 0 unspecified atom stereocenters. The Morgan fingerprint density at radius 2 is 1.95 bits per heavy atom. The van der Waals surface area contributed by atoms with Crippen molar-refractivity contribution in [2.75, 3.05) is 5.32 Å². The highest BCUT2D eigenvalue weighted by molar-refractivity contribution is 7.16. The molecule has 1 heterocycles. The molecule has 0 aliphatic rings. The molecule has 2 aromatic rings. The molecule has 21 heavy (non-hydrogen) atoms. The van der Waals surface area contributed by atoms with E-state index >= 15 is 0 Å². The molecule has 4 nitrogen and oxygen atoms in total. The lowest BCUT2D eigenvalue weighted by Crippen LogP contribution is -2.15. The summed E-state index contributed by atoms with van der Waals surface area (Å²) in [4.78, 5) is 24.2. The first-order chi connectivity index (χ1) is 9.82. The van der Waals surface area contributed by atoms with Gasteiger partial charge in [0.1, 0.15) is 10.8 Å². The fourth-order valence-corrected chi connectivity index (χ4v) is 3.15. The van der Waals surface area contributed by atoms with Crippen molar-refractivity contribution in [1.82, 2.24) is 0 Å². The predicted octanol–water partition coefficient (Wildman–Crippen LogP) is 4.11. The van der Waals surface area contributed by atoms with E-state index in [2.05, 4.69) is 5.32 Å². The quantitative estimate of drug-likeness (QED) is 0.891. The zero-order chi connectivity index (χ0) is 15.7. The van der Waals surface area contributed by atoms with E-state index in [9.17, 15) is 19.1 Å². The van der Waals surface area contributed by atoms with Crippen molar-refractivity contribution in [3.05, 3.63) is 50.6 Å². The highest BCUT2D eigenvalue weighted by atomic mass is 35.5. The Labute approximate surface area is 129 Å². The van der Waals surface area contributed by atoms with E-state index in [1.54, 1.807) is 13.8 Å². The molecule has 0 aliphatic heterocycles. The summed E-state index contributed by atoms with van der Waals surface area (Å²) in [6.45, 7) is 3.40. The van der Waals surface area contributed by atoms with Crippen molar-refractivity contribution in [2.45, 2.75) is 13.8 Å². The number of carboxylic acids is 1. The zero-order valence-corrected chi connectivity index (χ0v) is 12.7. The first-order valence-corrected chi connectivity index (χ1v) is 7.11. The van der Waals surface area contributed by atoms with Gasteiger partial charge in [-0.15, -0.1) is 11.3 Å². The molecule has 110 valence electrons. The second-order valence-electron chi connectivity index (χ2n) is 4.34. The van der Waals surface area contributed by atoms with Crippen molar-refractivity contribution in [3.63, 3.8) is 0 Å². The molecule has 0 aliphatic carbocycles. The average Bonchev–Trinajstić information content (AvgIpc) is 2.64. The minimum Gasteiger partial charge on any atom is -0.478 e. The van der Waals surface area contributed by atoms with E-state index in [4.69, 9.17) is 11.6 Å². The minimum atomic E-state index is -1.15. The summed E-state index contributed by atoms with van der Waals surface area (Å²) >= 11 is 6.94. The van der Waals surface area contributed by atoms with Gasteiger partial charge < -0.3 is 10.4 Å². The Morgan fingerprint density at radius 1 is 1.29 bits per heavy atom. The number of aromatic carboxylic acids is 1. The number of halogens is 2. The third-order valence-electron chi connectivity index (χ3n) is 3.02. The van der Waals surface area contributed by atoms with Crippen LogP contribution in [0, 0.1) is 19.7 Å². The van der Waals surface area contributed by atoms with Crippen LogP contribution in [0.25, 0.3) is 0 Å². The first-order valence-electron chi connectivity index (χ1n) is 5.91. The SMILES string of the molecule is Cc1sc(NC(=O)c2c(F)cccc2Cl)c(C(=O)O)c1C. The summed E-state index contributed by atoms with van der Waals surface area (Å²) in [5.74, 6) is -2.68. The number of benzene rings is 1. The van der Waals surface area contributed by atoms with Gasteiger partial charge in [-0.1, -0.05) is 17.7 Å². The van der Waals surface area contributed by atoms with Gasteiger partial charge in [-0.25, -0.2) is 9.18 Å². The molecule has 0 bridgehead atoms. The molecule has 2 N–H and O–H groups in total. The number of nitrogens with one attached hydrogen (secondary N) is 1. The fraction of sp³-hybridized carbons (Fsp3) is 0.143. The molecule has 0 saturated heterocycles. The molecular formula is C14H11ClFNO3S. The Balaban J connectivity index is 2.41. The van der Waals surface area contributed by atoms with Crippen molar-refractivity contribution >= 4 is 39.8 Å². The topological polar surface area (TPSA) is 66.4 Å². The maximum Gasteiger partial charge on any atom is 0.338 e. The van der Waals surface area contributed by atoms with Gasteiger partial charge in [0.15, 0.2) is 0 Å². The summed E-state index contributed by atoms with van der Waals surface area (Å²) in [5.41, 5.74) is 0.278. The number of carbonyl (C=O) groups excluding carboxylic acids is 1. The number of hydrogen-bond acceptors (Lipinski definition) is 3. The van der Waals surface area contributed by atoms with Crippen LogP contribution in [0.4, 0.5) is 9.39 Å². The van der Waals surface area contributed by atoms with Crippen LogP contribution in [0.2, 0.25) is 5.02 Å². The maximum atomic E-state index is 13.7. The fourth-order valence-electron chi connectivity index (χ4n) is 1.85. The van der Waals surface area contributed by atoms with Crippen LogP contribution in [0.3, 0.4) is 0 Å². The summed E-state index contributed by atoms with van der Waals surface area (Å²) < 4.78 is 13.7. The van der Waals surface area contributed by atoms with E-state index in [-0.39, 0.29) is 21.2 Å². The molecule has 0 radical (unpaired) electrons. The van der Waals surface area contributed by atoms with Gasteiger partial charge in [0.25, 0.3) is 5.91 Å². The molecule has 1 aromatic carbocycles. The van der Waals surface area contributed by atoms with Crippen molar-refractivity contribution in [2.24, 2.45) is 0 Å². The van der Waals surface area contributed by atoms with Gasteiger partial charge >= 0.3 is 5.97 Å².